The fourth-order valence-electron chi connectivity index (χ4n) is 5.47. The van der Waals surface area contributed by atoms with E-state index in [1.807, 2.05) is 28.0 Å². The summed E-state index contributed by atoms with van der Waals surface area (Å²) >= 11 is 0. The number of hydrogen-bond donors (Lipinski definition) is 1. The van der Waals surface area contributed by atoms with E-state index >= 15 is 0 Å². The van der Waals surface area contributed by atoms with Gasteiger partial charge in [0, 0.05) is 44.9 Å². The first-order chi connectivity index (χ1) is 14.5. The monoisotopic (exact) mass is 411 g/mol. The summed E-state index contributed by atoms with van der Waals surface area (Å²) < 4.78 is 6.17. The van der Waals surface area contributed by atoms with E-state index in [2.05, 4.69) is 5.32 Å². The van der Waals surface area contributed by atoms with Crippen LogP contribution in [0.15, 0.2) is 24.3 Å². The van der Waals surface area contributed by atoms with E-state index in [9.17, 15) is 14.4 Å². The minimum Gasteiger partial charge on any atom is -0.467 e. The third-order valence-electron chi connectivity index (χ3n) is 7.18. The van der Waals surface area contributed by atoms with Gasteiger partial charge in [0.05, 0.1) is 11.5 Å². The standard InChI is InChI=1S/C23H29N3O4/c27-20-14-16(15-26(20)17-6-2-1-3-7-17)22(29)25-12-10-23(11-13-25)24-21(28)18-8-4-5-9-19(18)30-23/h4-5,8-9,16-17H,1-3,6-7,10-15H2,(H,24,28)/t16-/m1/s1. The number of nitrogens with one attached hydrogen (secondary N) is 1. The molecule has 1 saturated carbocycles. The summed E-state index contributed by atoms with van der Waals surface area (Å²) in [6, 6.07) is 7.57. The number of benzene rings is 1. The summed E-state index contributed by atoms with van der Waals surface area (Å²) in [5.74, 6) is 0.440. The highest BCUT2D eigenvalue weighted by atomic mass is 16.5. The topological polar surface area (TPSA) is 79.0 Å². The summed E-state index contributed by atoms with van der Waals surface area (Å²) in [4.78, 5) is 42.0. The summed E-state index contributed by atoms with van der Waals surface area (Å²) in [6.45, 7) is 1.61. The van der Waals surface area contributed by atoms with E-state index in [-0.39, 0.29) is 23.6 Å². The lowest BCUT2D eigenvalue weighted by molar-refractivity contribution is -0.139. The van der Waals surface area contributed by atoms with Crippen molar-refractivity contribution >= 4 is 17.7 Å². The molecule has 30 heavy (non-hydrogen) atoms. The van der Waals surface area contributed by atoms with Crippen molar-refractivity contribution in [1.29, 1.82) is 0 Å². The van der Waals surface area contributed by atoms with Crippen LogP contribution in [0.1, 0.15) is 61.7 Å². The number of piperidine rings is 1. The first-order valence-corrected chi connectivity index (χ1v) is 11.2. The second-order valence-corrected chi connectivity index (χ2v) is 9.11. The maximum atomic E-state index is 13.1. The Morgan fingerprint density at radius 1 is 1.07 bits per heavy atom. The normalized spacial score (nSPS) is 26.3. The Morgan fingerprint density at radius 2 is 1.80 bits per heavy atom. The number of carbonyl (C=O) groups is 3. The van der Waals surface area contributed by atoms with Gasteiger partial charge < -0.3 is 19.9 Å². The molecule has 3 fully saturated rings. The van der Waals surface area contributed by atoms with Gasteiger partial charge in [-0.3, -0.25) is 14.4 Å². The molecule has 0 bridgehead atoms. The molecule has 1 aromatic rings. The number of rotatable bonds is 2. The second-order valence-electron chi connectivity index (χ2n) is 9.11. The summed E-state index contributed by atoms with van der Waals surface area (Å²) in [7, 11) is 0. The van der Waals surface area contributed by atoms with Crippen molar-refractivity contribution in [1.82, 2.24) is 15.1 Å². The molecular weight excluding hydrogens is 382 g/mol. The van der Waals surface area contributed by atoms with Crippen LogP contribution in [0.4, 0.5) is 0 Å². The quantitative estimate of drug-likeness (QED) is 0.810. The van der Waals surface area contributed by atoms with Gasteiger partial charge in [-0.05, 0) is 25.0 Å². The van der Waals surface area contributed by atoms with Crippen LogP contribution in [0.3, 0.4) is 0 Å². The average molecular weight is 412 g/mol. The molecule has 7 nitrogen and oxygen atoms in total. The Kier molecular flexibility index (Phi) is 4.91. The maximum Gasteiger partial charge on any atom is 0.258 e. The molecule has 160 valence electrons. The Balaban J connectivity index is 1.20. The Labute approximate surface area is 176 Å². The predicted molar refractivity (Wildman–Crippen MR) is 110 cm³/mol. The van der Waals surface area contributed by atoms with Crippen LogP contribution in [0.2, 0.25) is 0 Å². The molecule has 5 rings (SSSR count). The van der Waals surface area contributed by atoms with Gasteiger partial charge in [-0.15, -0.1) is 0 Å². The molecule has 1 aliphatic carbocycles. The van der Waals surface area contributed by atoms with Crippen LogP contribution in [0.5, 0.6) is 5.75 Å². The van der Waals surface area contributed by atoms with Crippen molar-refractivity contribution in [3.8, 4) is 5.75 Å². The molecule has 3 amide bonds. The zero-order valence-electron chi connectivity index (χ0n) is 17.3. The van der Waals surface area contributed by atoms with Gasteiger partial charge in [-0.2, -0.15) is 0 Å². The van der Waals surface area contributed by atoms with Crippen LogP contribution in [0.25, 0.3) is 0 Å². The lowest BCUT2D eigenvalue weighted by Crippen LogP contribution is -2.62. The first kappa shape index (κ1) is 19.4. The van der Waals surface area contributed by atoms with E-state index < -0.39 is 5.72 Å². The third-order valence-corrected chi connectivity index (χ3v) is 7.18. The van der Waals surface area contributed by atoms with E-state index in [4.69, 9.17) is 4.74 Å². The lowest BCUT2D eigenvalue weighted by atomic mass is 9.94. The number of carbonyl (C=O) groups excluding carboxylic acids is 3. The molecule has 1 N–H and O–H groups in total. The van der Waals surface area contributed by atoms with Crippen molar-refractivity contribution in [2.75, 3.05) is 19.6 Å². The minimum atomic E-state index is -0.748. The highest BCUT2D eigenvalue weighted by Gasteiger charge is 2.45. The molecule has 1 aromatic carbocycles. The van der Waals surface area contributed by atoms with Gasteiger partial charge >= 0.3 is 0 Å². The smallest absolute Gasteiger partial charge is 0.258 e. The fourth-order valence-corrected chi connectivity index (χ4v) is 5.47. The first-order valence-electron chi connectivity index (χ1n) is 11.2. The van der Waals surface area contributed by atoms with Crippen molar-refractivity contribution in [2.45, 2.75) is 63.1 Å². The number of amides is 3. The Morgan fingerprint density at radius 3 is 2.57 bits per heavy atom. The van der Waals surface area contributed by atoms with Crippen molar-refractivity contribution in [3.05, 3.63) is 29.8 Å². The van der Waals surface area contributed by atoms with E-state index in [0.29, 0.717) is 56.3 Å². The van der Waals surface area contributed by atoms with Crippen LogP contribution >= 0.6 is 0 Å². The fraction of sp³-hybridized carbons (Fsp3) is 0.609. The van der Waals surface area contributed by atoms with Crippen molar-refractivity contribution in [2.24, 2.45) is 5.92 Å². The molecule has 2 saturated heterocycles. The number of likely N-dealkylation sites (tertiary alicyclic amines) is 2. The second kappa shape index (κ2) is 7.60. The number of hydrogen-bond acceptors (Lipinski definition) is 4. The molecule has 1 spiro atoms. The van der Waals surface area contributed by atoms with Gasteiger partial charge in [0.25, 0.3) is 5.91 Å². The van der Waals surface area contributed by atoms with Gasteiger partial charge in [-0.25, -0.2) is 0 Å². The predicted octanol–water partition coefficient (Wildman–Crippen LogP) is 2.31. The summed E-state index contributed by atoms with van der Waals surface area (Å²) in [5.41, 5.74) is -0.198. The Bertz CT molecular complexity index is 856. The van der Waals surface area contributed by atoms with Crippen LogP contribution in [0, 0.1) is 5.92 Å². The van der Waals surface area contributed by atoms with Crippen molar-refractivity contribution < 1.29 is 19.1 Å². The minimum absolute atomic E-state index is 0.0686. The number of fused-ring (bicyclic) bond motifs is 1. The number of nitrogens with zero attached hydrogens (tertiary/aromatic N) is 2. The van der Waals surface area contributed by atoms with Gasteiger partial charge in [0.2, 0.25) is 11.8 Å². The summed E-state index contributed by atoms with van der Waals surface area (Å²) in [5, 5.41) is 3.01. The molecule has 3 heterocycles. The molecule has 4 aliphatic rings. The van der Waals surface area contributed by atoms with Gasteiger partial charge in [0.15, 0.2) is 5.72 Å². The van der Waals surface area contributed by atoms with Crippen molar-refractivity contribution in [3.63, 3.8) is 0 Å². The Hall–Kier alpha value is -2.57. The molecule has 1 atom stereocenters. The highest BCUT2D eigenvalue weighted by Crippen LogP contribution is 2.35. The zero-order chi connectivity index (χ0) is 20.7. The molecular formula is C23H29N3O4. The summed E-state index contributed by atoms with van der Waals surface area (Å²) in [6.07, 6.45) is 7.16. The molecule has 0 unspecified atom stereocenters. The number of ether oxygens (including phenoxy) is 1. The SMILES string of the molecule is O=C1NC2(CCN(C(=O)[C@@H]3CC(=O)N(C4CCCCC4)C3)CC2)Oc2ccccc21. The molecule has 3 aliphatic heterocycles. The zero-order valence-corrected chi connectivity index (χ0v) is 17.3. The maximum absolute atomic E-state index is 13.1. The van der Waals surface area contributed by atoms with Gasteiger partial charge in [0.1, 0.15) is 5.75 Å². The van der Waals surface area contributed by atoms with E-state index in [0.717, 1.165) is 12.8 Å². The average Bonchev–Trinajstić information content (AvgIpc) is 3.16. The largest absolute Gasteiger partial charge is 0.467 e. The molecule has 0 radical (unpaired) electrons. The van der Waals surface area contributed by atoms with E-state index in [1.165, 1.54) is 19.3 Å². The van der Waals surface area contributed by atoms with Gasteiger partial charge in [-0.1, -0.05) is 31.4 Å². The van der Waals surface area contributed by atoms with E-state index in [1.54, 1.807) is 6.07 Å². The van der Waals surface area contributed by atoms with Crippen LogP contribution < -0.4 is 10.1 Å². The number of para-hydroxylation sites is 1. The van der Waals surface area contributed by atoms with Crippen LogP contribution in [-0.4, -0.2) is 58.9 Å². The third kappa shape index (κ3) is 3.44. The highest BCUT2D eigenvalue weighted by molar-refractivity contribution is 5.98. The molecule has 7 heteroatoms. The van der Waals surface area contributed by atoms with Crippen LogP contribution in [-0.2, 0) is 9.59 Å². The lowest BCUT2D eigenvalue weighted by Gasteiger charge is -2.44. The molecule has 0 aromatic heterocycles.